The maximum atomic E-state index is 9.08. The highest BCUT2D eigenvalue weighted by atomic mass is 16.3. The SMILES string of the molecule is CCC(CO)CN(C)CCC1CCC1. The molecule has 0 radical (unpaired) electrons. The Morgan fingerprint density at radius 3 is 2.57 bits per heavy atom. The summed E-state index contributed by atoms with van der Waals surface area (Å²) in [7, 11) is 2.18. The van der Waals surface area contributed by atoms with E-state index in [1.807, 2.05) is 0 Å². The Morgan fingerprint density at radius 1 is 1.43 bits per heavy atom. The summed E-state index contributed by atoms with van der Waals surface area (Å²) in [6.07, 6.45) is 6.79. The fourth-order valence-electron chi connectivity index (χ4n) is 2.03. The Balaban J connectivity index is 2.04. The second-order valence-electron chi connectivity index (χ2n) is 4.80. The first kappa shape index (κ1) is 12.0. The predicted octanol–water partition coefficient (Wildman–Crippen LogP) is 2.13. The Hall–Kier alpha value is -0.0800. The van der Waals surface area contributed by atoms with Gasteiger partial charge in [-0.25, -0.2) is 0 Å². The average Bonchev–Trinajstić information content (AvgIpc) is 2.11. The van der Waals surface area contributed by atoms with Crippen molar-refractivity contribution < 1.29 is 5.11 Å². The molecular weight excluding hydrogens is 174 g/mol. The monoisotopic (exact) mass is 199 g/mol. The van der Waals surface area contributed by atoms with Crippen molar-refractivity contribution in [1.82, 2.24) is 4.90 Å². The van der Waals surface area contributed by atoms with Gasteiger partial charge in [-0.1, -0.05) is 26.2 Å². The molecule has 84 valence electrons. The molecule has 0 bridgehead atoms. The van der Waals surface area contributed by atoms with Crippen molar-refractivity contribution >= 4 is 0 Å². The summed E-state index contributed by atoms with van der Waals surface area (Å²) in [4.78, 5) is 2.38. The molecule has 1 aliphatic rings. The summed E-state index contributed by atoms with van der Waals surface area (Å²) in [5.74, 6) is 1.48. The van der Waals surface area contributed by atoms with Gasteiger partial charge in [0.05, 0.1) is 0 Å². The number of hydrogen-bond donors (Lipinski definition) is 1. The minimum Gasteiger partial charge on any atom is -0.396 e. The quantitative estimate of drug-likeness (QED) is 0.679. The normalized spacial score (nSPS) is 19.7. The summed E-state index contributed by atoms with van der Waals surface area (Å²) in [6, 6.07) is 0. The third kappa shape index (κ3) is 3.97. The first-order valence-corrected chi connectivity index (χ1v) is 6.05. The van der Waals surface area contributed by atoms with Crippen LogP contribution >= 0.6 is 0 Å². The number of rotatable bonds is 7. The van der Waals surface area contributed by atoms with Crippen LogP contribution in [0.25, 0.3) is 0 Å². The summed E-state index contributed by atoms with van der Waals surface area (Å²) in [6.45, 7) is 4.76. The van der Waals surface area contributed by atoms with E-state index < -0.39 is 0 Å². The van der Waals surface area contributed by atoms with Crippen LogP contribution in [0.2, 0.25) is 0 Å². The van der Waals surface area contributed by atoms with E-state index in [-0.39, 0.29) is 0 Å². The zero-order valence-electron chi connectivity index (χ0n) is 9.71. The standard InChI is InChI=1S/C12H25NO/c1-3-11(10-14)9-13(2)8-7-12-5-4-6-12/h11-12,14H,3-10H2,1-2H3. The molecule has 0 amide bonds. The zero-order valence-corrected chi connectivity index (χ0v) is 9.71. The maximum Gasteiger partial charge on any atom is 0.0471 e. The molecular formula is C12H25NO. The fraction of sp³-hybridized carbons (Fsp3) is 1.00. The maximum absolute atomic E-state index is 9.08. The van der Waals surface area contributed by atoms with E-state index in [0.717, 1.165) is 18.9 Å². The zero-order chi connectivity index (χ0) is 10.4. The fourth-order valence-corrected chi connectivity index (χ4v) is 2.03. The van der Waals surface area contributed by atoms with Crippen molar-refractivity contribution in [2.75, 3.05) is 26.7 Å². The number of nitrogens with zero attached hydrogens (tertiary/aromatic N) is 1. The highest BCUT2D eigenvalue weighted by Crippen LogP contribution is 2.29. The van der Waals surface area contributed by atoms with Gasteiger partial charge in [0.1, 0.15) is 0 Å². The number of aliphatic hydroxyl groups is 1. The molecule has 1 atom stereocenters. The lowest BCUT2D eigenvalue weighted by Crippen LogP contribution is -2.30. The van der Waals surface area contributed by atoms with Crippen LogP contribution in [-0.2, 0) is 0 Å². The highest BCUT2D eigenvalue weighted by Gasteiger charge is 2.18. The van der Waals surface area contributed by atoms with Crippen LogP contribution in [0.1, 0.15) is 39.0 Å². The first-order valence-electron chi connectivity index (χ1n) is 6.05. The molecule has 0 saturated heterocycles. The van der Waals surface area contributed by atoms with Crippen LogP contribution in [-0.4, -0.2) is 36.8 Å². The molecule has 0 aromatic heterocycles. The predicted molar refractivity (Wildman–Crippen MR) is 60.3 cm³/mol. The third-order valence-corrected chi connectivity index (χ3v) is 3.55. The van der Waals surface area contributed by atoms with Crippen molar-refractivity contribution in [2.24, 2.45) is 11.8 Å². The molecule has 1 fully saturated rings. The van der Waals surface area contributed by atoms with Crippen LogP contribution in [0.15, 0.2) is 0 Å². The second-order valence-corrected chi connectivity index (χ2v) is 4.80. The molecule has 0 aliphatic heterocycles. The van der Waals surface area contributed by atoms with E-state index in [1.165, 1.54) is 32.2 Å². The van der Waals surface area contributed by atoms with Crippen LogP contribution in [0.4, 0.5) is 0 Å². The molecule has 1 saturated carbocycles. The van der Waals surface area contributed by atoms with Crippen molar-refractivity contribution in [3.8, 4) is 0 Å². The Labute approximate surface area is 88.3 Å². The molecule has 14 heavy (non-hydrogen) atoms. The lowest BCUT2D eigenvalue weighted by atomic mass is 9.83. The van der Waals surface area contributed by atoms with Crippen LogP contribution in [0.5, 0.6) is 0 Å². The molecule has 0 spiro atoms. The molecule has 2 heteroatoms. The Bertz CT molecular complexity index is 141. The number of hydrogen-bond acceptors (Lipinski definition) is 2. The topological polar surface area (TPSA) is 23.5 Å². The van der Waals surface area contributed by atoms with Gasteiger partial charge in [-0.15, -0.1) is 0 Å². The smallest absolute Gasteiger partial charge is 0.0471 e. The summed E-state index contributed by atoms with van der Waals surface area (Å²) in [5.41, 5.74) is 0. The average molecular weight is 199 g/mol. The van der Waals surface area contributed by atoms with Crippen LogP contribution < -0.4 is 0 Å². The lowest BCUT2D eigenvalue weighted by molar-refractivity contribution is 0.164. The summed E-state index contributed by atoms with van der Waals surface area (Å²) >= 11 is 0. The minimum atomic E-state index is 0.338. The first-order chi connectivity index (χ1) is 6.76. The van der Waals surface area contributed by atoms with E-state index in [1.54, 1.807) is 0 Å². The van der Waals surface area contributed by atoms with Gasteiger partial charge in [-0.2, -0.15) is 0 Å². The molecule has 1 unspecified atom stereocenters. The van der Waals surface area contributed by atoms with Gasteiger partial charge in [0.2, 0.25) is 0 Å². The molecule has 1 N–H and O–H groups in total. The lowest BCUT2D eigenvalue weighted by Gasteiger charge is -2.28. The highest BCUT2D eigenvalue weighted by molar-refractivity contribution is 4.71. The largest absolute Gasteiger partial charge is 0.396 e. The molecule has 1 aliphatic carbocycles. The number of aliphatic hydroxyl groups excluding tert-OH is 1. The molecule has 0 heterocycles. The van der Waals surface area contributed by atoms with Crippen LogP contribution in [0.3, 0.4) is 0 Å². The summed E-state index contributed by atoms with van der Waals surface area (Å²) < 4.78 is 0. The van der Waals surface area contributed by atoms with E-state index >= 15 is 0 Å². The van der Waals surface area contributed by atoms with Gasteiger partial charge in [0.15, 0.2) is 0 Å². The van der Waals surface area contributed by atoms with Crippen molar-refractivity contribution in [3.63, 3.8) is 0 Å². The minimum absolute atomic E-state index is 0.338. The molecule has 0 aromatic rings. The van der Waals surface area contributed by atoms with E-state index in [2.05, 4.69) is 18.9 Å². The van der Waals surface area contributed by atoms with Gasteiger partial charge in [-0.05, 0) is 38.3 Å². The van der Waals surface area contributed by atoms with Crippen molar-refractivity contribution in [2.45, 2.75) is 39.0 Å². The van der Waals surface area contributed by atoms with Gasteiger partial charge in [0.25, 0.3) is 0 Å². The second kappa shape index (κ2) is 6.41. The van der Waals surface area contributed by atoms with Gasteiger partial charge in [-0.3, -0.25) is 0 Å². The van der Waals surface area contributed by atoms with Crippen LogP contribution in [0, 0.1) is 11.8 Å². The van der Waals surface area contributed by atoms with E-state index in [9.17, 15) is 0 Å². The van der Waals surface area contributed by atoms with Crippen molar-refractivity contribution in [3.05, 3.63) is 0 Å². The molecule has 0 aromatic carbocycles. The molecule has 1 rings (SSSR count). The van der Waals surface area contributed by atoms with Crippen molar-refractivity contribution in [1.29, 1.82) is 0 Å². The van der Waals surface area contributed by atoms with E-state index in [0.29, 0.717) is 12.5 Å². The van der Waals surface area contributed by atoms with Gasteiger partial charge >= 0.3 is 0 Å². The Morgan fingerprint density at radius 2 is 2.14 bits per heavy atom. The van der Waals surface area contributed by atoms with Gasteiger partial charge < -0.3 is 10.0 Å². The van der Waals surface area contributed by atoms with E-state index in [4.69, 9.17) is 5.11 Å². The summed E-state index contributed by atoms with van der Waals surface area (Å²) in [5, 5.41) is 9.08. The Kier molecular flexibility index (Phi) is 5.49. The molecule has 2 nitrogen and oxygen atoms in total. The third-order valence-electron chi connectivity index (χ3n) is 3.55. The van der Waals surface area contributed by atoms with Gasteiger partial charge in [0, 0.05) is 13.2 Å².